The lowest BCUT2D eigenvalue weighted by atomic mass is 10.1. The van der Waals surface area contributed by atoms with E-state index in [4.69, 9.17) is 16.3 Å². The molecule has 0 unspecified atom stereocenters. The molecule has 0 aliphatic carbocycles. The van der Waals surface area contributed by atoms with Crippen LogP contribution in [-0.4, -0.2) is 19.0 Å². The zero-order chi connectivity index (χ0) is 24.0. The summed E-state index contributed by atoms with van der Waals surface area (Å²) < 4.78 is 48.6. The van der Waals surface area contributed by atoms with Gasteiger partial charge in [-0.2, -0.15) is 13.2 Å². The minimum Gasteiger partial charge on any atom is -0.465 e. The number of benzene rings is 3. The van der Waals surface area contributed by atoms with E-state index in [9.17, 15) is 22.8 Å². The van der Waals surface area contributed by atoms with E-state index >= 15 is 0 Å². The first kappa shape index (κ1) is 23.9. The highest BCUT2D eigenvalue weighted by atomic mass is 35.5. The molecule has 0 radical (unpaired) electrons. The van der Waals surface area contributed by atoms with Gasteiger partial charge in [-0.25, -0.2) is 4.79 Å². The number of methoxy groups -OCH3 is 1. The molecule has 33 heavy (non-hydrogen) atoms. The van der Waals surface area contributed by atoms with Gasteiger partial charge < -0.3 is 14.8 Å². The third-order valence-electron chi connectivity index (χ3n) is 4.37. The van der Waals surface area contributed by atoms with Crippen LogP contribution in [0.4, 0.5) is 18.9 Å². The number of amides is 1. The maximum Gasteiger partial charge on any atom is 0.416 e. The van der Waals surface area contributed by atoms with Crippen molar-refractivity contribution in [3.05, 3.63) is 95.6 Å². The van der Waals surface area contributed by atoms with Gasteiger partial charge in [0.2, 0.25) is 5.91 Å². The number of rotatable bonds is 6. The van der Waals surface area contributed by atoms with Gasteiger partial charge in [0.1, 0.15) is 5.75 Å². The molecule has 0 aliphatic heterocycles. The Labute approximate surface area is 192 Å². The Bertz CT molecular complexity index is 1190. The molecule has 0 spiro atoms. The molecule has 5 nitrogen and oxygen atoms in total. The molecule has 9 heteroatoms. The molecular weight excluding hydrogens is 459 g/mol. The number of hydrogen-bond acceptors (Lipinski definition) is 4. The van der Waals surface area contributed by atoms with Crippen LogP contribution in [-0.2, 0) is 15.7 Å². The van der Waals surface area contributed by atoms with Crippen molar-refractivity contribution < 1.29 is 32.2 Å². The molecule has 1 amide bonds. The highest BCUT2D eigenvalue weighted by molar-refractivity contribution is 6.50. The number of esters is 1. The Kier molecular flexibility index (Phi) is 7.40. The molecule has 170 valence electrons. The van der Waals surface area contributed by atoms with Gasteiger partial charge in [-0.3, -0.25) is 4.79 Å². The number of anilines is 1. The average Bonchev–Trinajstić information content (AvgIpc) is 2.79. The molecule has 3 aromatic carbocycles. The van der Waals surface area contributed by atoms with Crippen LogP contribution in [0.3, 0.4) is 0 Å². The van der Waals surface area contributed by atoms with Crippen molar-refractivity contribution in [2.45, 2.75) is 6.18 Å². The minimum absolute atomic E-state index is 0.0367. The second kappa shape index (κ2) is 10.2. The maximum absolute atomic E-state index is 12.7. The summed E-state index contributed by atoms with van der Waals surface area (Å²) in [4.78, 5) is 24.1. The zero-order valence-electron chi connectivity index (χ0n) is 17.2. The van der Waals surface area contributed by atoms with Crippen LogP contribution in [0.5, 0.6) is 11.5 Å². The predicted octanol–water partition coefficient (Wildman–Crippen LogP) is 6.50. The molecule has 1 N–H and O–H groups in total. The largest absolute Gasteiger partial charge is 0.465 e. The SMILES string of the molecule is COC(=O)c1cccc(Oc2ccccc2NC(=O)/C=C(/Cl)c2ccc(C(F)(F)F)cc2)c1. The molecule has 0 atom stereocenters. The summed E-state index contributed by atoms with van der Waals surface area (Å²) in [5, 5.41) is 2.58. The summed E-state index contributed by atoms with van der Waals surface area (Å²) in [6.07, 6.45) is -3.41. The van der Waals surface area contributed by atoms with Gasteiger partial charge in [-0.15, -0.1) is 0 Å². The second-order valence-corrected chi connectivity index (χ2v) is 7.08. The Morgan fingerprint density at radius 2 is 1.64 bits per heavy atom. The van der Waals surface area contributed by atoms with Gasteiger partial charge >= 0.3 is 12.1 Å². The van der Waals surface area contributed by atoms with Crippen molar-refractivity contribution in [3.63, 3.8) is 0 Å². The molecule has 0 bridgehead atoms. The fourth-order valence-electron chi connectivity index (χ4n) is 2.78. The van der Waals surface area contributed by atoms with E-state index < -0.39 is 23.6 Å². The first-order valence-electron chi connectivity index (χ1n) is 9.48. The van der Waals surface area contributed by atoms with Gasteiger partial charge in [0.15, 0.2) is 5.75 Å². The van der Waals surface area contributed by atoms with Crippen molar-refractivity contribution in [3.8, 4) is 11.5 Å². The highest BCUT2D eigenvalue weighted by Gasteiger charge is 2.30. The summed E-state index contributed by atoms with van der Waals surface area (Å²) in [7, 11) is 1.27. The molecule has 0 saturated heterocycles. The molecular formula is C24H17ClF3NO4. The van der Waals surface area contributed by atoms with Gasteiger partial charge in [-0.1, -0.05) is 41.9 Å². The lowest BCUT2D eigenvalue weighted by Crippen LogP contribution is -2.09. The van der Waals surface area contributed by atoms with Crippen molar-refractivity contribution in [2.75, 3.05) is 12.4 Å². The first-order chi connectivity index (χ1) is 15.7. The third kappa shape index (κ3) is 6.36. The van der Waals surface area contributed by atoms with Crippen molar-refractivity contribution in [1.82, 2.24) is 0 Å². The molecule has 0 aromatic heterocycles. The van der Waals surface area contributed by atoms with Crippen LogP contribution in [0.2, 0.25) is 0 Å². The zero-order valence-corrected chi connectivity index (χ0v) is 17.9. The fraction of sp³-hybridized carbons (Fsp3) is 0.0833. The number of nitrogens with one attached hydrogen (secondary N) is 1. The van der Waals surface area contributed by atoms with Crippen LogP contribution in [0.25, 0.3) is 5.03 Å². The van der Waals surface area contributed by atoms with Gasteiger partial charge in [0.05, 0.1) is 29.0 Å². The quantitative estimate of drug-likeness (QED) is 0.326. The highest BCUT2D eigenvalue weighted by Crippen LogP contribution is 2.32. The number of alkyl halides is 3. The third-order valence-corrected chi connectivity index (χ3v) is 4.70. The van der Waals surface area contributed by atoms with E-state index in [1.165, 1.54) is 25.3 Å². The molecule has 0 saturated carbocycles. The van der Waals surface area contributed by atoms with Gasteiger partial charge in [0.25, 0.3) is 0 Å². The summed E-state index contributed by atoms with van der Waals surface area (Å²) in [5.41, 5.74) is 0.0494. The van der Waals surface area contributed by atoms with Crippen LogP contribution in [0.15, 0.2) is 78.9 Å². The Morgan fingerprint density at radius 3 is 2.30 bits per heavy atom. The van der Waals surface area contributed by atoms with E-state index in [1.807, 2.05) is 0 Å². The number of hydrogen-bond donors (Lipinski definition) is 1. The number of carbonyl (C=O) groups excluding carboxylic acids is 2. The monoisotopic (exact) mass is 475 g/mol. The number of ether oxygens (including phenoxy) is 2. The summed E-state index contributed by atoms with van der Waals surface area (Å²) in [6, 6.07) is 17.0. The minimum atomic E-state index is -4.47. The predicted molar refractivity (Wildman–Crippen MR) is 118 cm³/mol. The molecule has 3 aromatic rings. The van der Waals surface area contributed by atoms with Crippen molar-refractivity contribution in [2.24, 2.45) is 0 Å². The van der Waals surface area contributed by atoms with E-state index in [2.05, 4.69) is 10.1 Å². The van der Waals surface area contributed by atoms with Crippen LogP contribution >= 0.6 is 11.6 Å². The van der Waals surface area contributed by atoms with Crippen LogP contribution < -0.4 is 10.1 Å². The topological polar surface area (TPSA) is 64.6 Å². The normalized spacial score (nSPS) is 11.6. The standard InChI is InChI=1S/C24H17ClF3NO4/c1-32-23(31)16-5-4-6-18(13-16)33-21-8-3-2-7-20(21)29-22(30)14-19(25)15-9-11-17(12-10-15)24(26,27)28/h2-14H,1H3,(H,29,30)/b19-14+. The van der Waals surface area contributed by atoms with E-state index in [1.54, 1.807) is 42.5 Å². The first-order valence-corrected chi connectivity index (χ1v) is 9.86. The van der Waals surface area contributed by atoms with Crippen LogP contribution in [0, 0.1) is 0 Å². The lowest BCUT2D eigenvalue weighted by Gasteiger charge is -2.12. The number of para-hydroxylation sites is 2. The summed E-state index contributed by atoms with van der Waals surface area (Å²) in [6.45, 7) is 0. The van der Waals surface area contributed by atoms with E-state index in [0.717, 1.165) is 18.2 Å². The smallest absolute Gasteiger partial charge is 0.416 e. The lowest BCUT2D eigenvalue weighted by molar-refractivity contribution is -0.137. The number of carbonyl (C=O) groups is 2. The van der Waals surface area contributed by atoms with E-state index in [-0.39, 0.29) is 10.6 Å². The van der Waals surface area contributed by atoms with Gasteiger partial charge in [0, 0.05) is 6.08 Å². The number of halogens is 4. The van der Waals surface area contributed by atoms with Crippen molar-refractivity contribution in [1.29, 1.82) is 0 Å². The summed E-state index contributed by atoms with van der Waals surface area (Å²) in [5.74, 6) is -0.491. The Balaban J connectivity index is 1.75. The molecule has 3 rings (SSSR count). The molecule has 0 aliphatic rings. The Hall–Kier alpha value is -3.78. The molecule has 0 heterocycles. The van der Waals surface area contributed by atoms with Crippen molar-refractivity contribution >= 4 is 34.2 Å². The van der Waals surface area contributed by atoms with E-state index in [0.29, 0.717) is 22.7 Å². The summed E-state index contributed by atoms with van der Waals surface area (Å²) >= 11 is 6.11. The Morgan fingerprint density at radius 1 is 0.939 bits per heavy atom. The van der Waals surface area contributed by atoms with Gasteiger partial charge in [-0.05, 0) is 48.0 Å². The molecule has 0 fully saturated rings. The fourth-order valence-corrected chi connectivity index (χ4v) is 3.00. The average molecular weight is 476 g/mol. The maximum atomic E-state index is 12.7. The van der Waals surface area contributed by atoms with Crippen LogP contribution in [0.1, 0.15) is 21.5 Å². The second-order valence-electron chi connectivity index (χ2n) is 6.67.